The van der Waals surface area contributed by atoms with Gasteiger partial charge in [0.1, 0.15) is 5.75 Å². The van der Waals surface area contributed by atoms with Gasteiger partial charge >= 0.3 is 6.18 Å². The molecule has 1 atom stereocenters. The minimum absolute atomic E-state index is 0.0772. The standard InChI is InChI=1S/C17H13F3N2O3S/c1-9(26-15-5-3-11(7-21-15)17(18,19)20)16(24)10-2-4-13-12(6-10)22-14(23)8-25-13/h2-7,9H,8H2,1H3,(H,22,23)/t9-/m1/s1. The number of amides is 1. The fourth-order valence-corrected chi connectivity index (χ4v) is 3.19. The van der Waals surface area contributed by atoms with Crippen molar-refractivity contribution in [3.05, 3.63) is 47.7 Å². The Morgan fingerprint density at radius 2 is 2.08 bits per heavy atom. The maximum absolute atomic E-state index is 12.6. The lowest BCUT2D eigenvalue weighted by Crippen LogP contribution is -2.25. The smallest absolute Gasteiger partial charge is 0.417 e. The summed E-state index contributed by atoms with van der Waals surface area (Å²) in [7, 11) is 0. The van der Waals surface area contributed by atoms with Gasteiger partial charge in [0.25, 0.3) is 5.91 Å². The van der Waals surface area contributed by atoms with Crippen LogP contribution in [0, 0.1) is 0 Å². The van der Waals surface area contributed by atoms with Crippen molar-refractivity contribution in [2.75, 3.05) is 11.9 Å². The first-order valence-corrected chi connectivity index (χ1v) is 8.43. The van der Waals surface area contributed by atoms with Crippen molar-refractivity contribution in [2.24, 2.45) is 0 Å². The molecule has 0 fully saturated rings. The highest BCUT2D eigenvalue weighted by Crippen LogP contribution is 2.32. The predicted octanol–water partition coefficient (Wildman–Crippen LogP) is 3.79. The van der Waals surface area contributed by atoms with Gasteiger partial charge in [-0.3, -0.25) is 9.59 Å². The molecular weight excluding hydrogens is 369 g/mol. The number of carbonyl (C=O) groups is 2. The summed E-state index contributed by atoms with van der Waals surface area (Å²) in [6.07, 6.45) is -3.71. The first kappa shape index (κ1) is 18.2. The summed E-state index contributed by atoms with van der Waals surface area (Å²) in [5.41, 5.74) is -0.0651. The van der Waals surface area contributed by atoms with Crippen molar-refractivity contribution in [1.29, 1.82) is 0 Å². The molecule has 1 aliphatic heterocycles. The van der Waals surface area contributed by atoms with Crippen molar-refractivity contribution in [3.8, 4) is 5.75 Å². The lowest BCUT2D eigenvalue weighted by molar-refractivity contribution is -0.137. The molecule has 1 N–H and O–H groups in total. The zero-order valence-electron chi connectivity index (χ0n) is 13.5. The fraction of sp³-hybridized carbons (Fsp3) is 0.235. The van der Waals surface area contributed by atoms with Crippen LogP contribution in [0.2, 0.25) is 0 Å². The van der Waals surface area contributed by atoms with Crippen molar-refractivity contribution >= 4 is 29.1 Å². The second-order valence-electron chi connectivity index (χ2n) is 5.55. The van der Waals surface area contributed by atoms with E-state index in [2.05, 4.69) is 10.3 Å². The molecule has 0 spiro atoms. The van der Waals surface area contributed by atoms with E-state index in [0.717, 1.165) is 24.0 Å². The van der Waals surface area contributed by atoms with E-state index in [9.17, 15) is 22.8 Å². The van der Waals surface area contributed by atoms with Gasteiger partial charge in [0.05, 0.1) is 21.5 Å². The molecule has 136 valence electrons. The highest BCUT2D eigenvalue weighted by molar-refractivity contribution is 8.00. The number of ether oxygens (including phenoxy) is 1. The topological polar surface area (TPSA) is 68.3 Å². The average Bonchev–Trinajstić information content (AvgIpc) is 2.60. The van der Waals surface area contributed by atoms with E-state index in [1.165, 1.54) is 12.1 Å². The van der Waals surface area contributed by atoms with E-state index in [-0.39, 0.29) is 18.3 Å². The number of benzene rings is 1. The van der Waals surface area contributed by atoms with Crippen LogP contribution in [0.4, 0.5) is 18.9 Å². The zero-order chi connectivity index (χ0) is 18.9. The Morgan fingerprint density at radius 1 is 1.31 bits per heavy atom. The number of nitrogens with one attached hydrogen (secondary N) is 1. The molecule has 2 heterocycles. The molecular formula is C17H13F3N2O3S. The van der Waals surface area contributed by atoms with Crippen molar-refractivity contribution < 1.29 is 27.5 Å². The molecule has 9 heteroatoms. The number of rotatable bonds is 4. The number of nitrogens with zero attached hydrogens (tertiary/aromatic N) is 1. The van der Waals surface area contributed by atoms with Crippen LogP contribution < -0.4 is 10.1 Å². The van der Waals surface area contributed by atoms with Crippen LogP contribution >= 0.6 is 11.8 Å². The van der Waals surface area contributed by atoms with Gasteiger partial charge in [0.2, 0.25) is 0 Å². The number of aromatic nitrogens is 1. The molecule has 0 saturated carbocycles. The highest BCUT2D eigenvalue weighted by Gasteiger charge is 2.31. The van der Waals surface area contributed by atoms with E-state index in [1.54, 1.807) is 19.1 Å². The molecule has 0 saturated heterocycles. The number of fused-ring (bicyclic) bond motifs is 1. The fourth-order valence-electron chi connectivity index (χ4n) is 2.32. The van der Waals surface area contributed by atoms with E-state index < -0.39 is 17.0 Å². The minimum Gasteiger partial charge on any atom is -0.482 e. The highest BCUT2D eigenvalue weighted by atomic mass is 32.2. The summed E-state index contributed by atoms with van der Waals surface area (Å²) in [6.45, 7) is 1.56. The molecule has 0 bridgehead atoms. The Kier molecular flexibility index (Phi) is 4.90. The van der Waals surface area contributed by atoms with E-state index in [4.69, 9.17) is 4.74 Å². The number of pyridine rings is 1. The van der Waals surface area contributed by atoms with Gasteiger partial charge in [-0.05, 0) is 37.3 Å². The largest absolute Gasteiger partial charge is 0.482 e. The van der Waals surface area contributed by atoms with E-state index in [1.807, 2.05) is 0 Å². The molecule has 0 unspecified atom stereocenters. The molecule has 1 amide bonds. The van der Waals surface area contributed by atoms with Crippen molar-refractivity contribution in [1.82, 2.24) is 4.98 Å². The Balaban J connectivity index is 1.72. The number of thioether (sulfide) groups is 1. The third-order valence-electron chi connectivity index (χ3n) is 3.63. The molecule has 0 aliphatic carbocycles. The SMILES string of the molecule is C[C@@H](Sc1ccc(C(F)(F)F)cn1)C(=O)c1ccc2c(c1)NC(=O)CO2. The molecule has 0 radical (unpaired) electrons. The van der Waals surface area contributed by atoms with E-state index >= 15 is 0 Å². The maximum atomic E-state index is 12.6. The molecule has 1 aromatic carbocycles. The van der Waals surface area contributed by atoms with Crippen LogP contribution in [0.1, 0.15) is 22.8 Å². The zero-order valence-corrected chi connectivity index (χ0v) is 14.3. The number of halogens is 3. The van der Waals surface area contributed by atoms with Gasteiger partial charge in [-0.2, -0.15) is 13.2 Å². The number of carbonyl (C=O) groups excluding carboxylic acids is 2. The number of hydrogen-bond donors (Lipinski definition) is 1. The molecule has 2 aromatic rings. The van der Waals surface area contributed by atoms with Crippen LogP contribution in [0.15, 0.2) is 41.6 Å². The van der Waals surface area contributed by atoms with Crippen LogP contribution in [-0.4, -0.2) is 28.5 Å². The quantitative estimate of drug-likeness (QED) is 0.644. The average molecular weight is 382 g/mol. The van der Waals surface area contributed by atoms with Crippen molar-refractivity contribution in [3.63, 3.8) is 0 Å². The summed E-state index contributed by atoms with van der Waals surface area (Å²) in [4.78, 5) is 27.7. The Hall–Kier alpha value is -2.55. The normalized spacial score (nSPS) is 14.8. The predicted molar refractivity (Wildman–Crippen MR) is 89.5 cm³/mol. The van der Waals surface area contributed by atoms with Gasteiger partial charge in [-0.1, -0.05) is 11.8 Å². The van der Waals surface area contributed by atoms with Crippen LogP contribution in [-0.2, 0) is 11.0 Å². The second-order valence-corrected chi connectivity index (χ2v) is 6.92. The summed E-state index contributed by atoms with van der Waals surface area (Å²) in [6, 6.07) is 6.86. The Morgan fingerprint density at radius 3 is 2.73 bits per heavy atom. The third kappa shape index (κ3) is 3.98. The number of hydrogen-bond acceptors (Lipinski definition) is 5. The summed E-state index contributed by atoms with van der Waals surface area (Å²) in [5.74, 6) is -0.0661. The third-order valence-corrected chi connectivity index (χ3v) is 4.68. The van der Waals surface area contributed by atoms with E-state index in [0.29, 0.717) is 22.0 Å². The molecule has 26 heavy (non-hydrogen) atoms. The molecule has 1 aromatic heterocycles. The van der Waals surface area contributed by atoms with Gasteiger partial charge in [-0.25, -0.2) is 4.98 Å². The second kappa shape index (κ2) is 6.99. The molecule has 3 rings (SSSR count). The monoisotopic (exact) mass is 382 g/mol. The van der Waals surface area contributed by atoms with Crippen LogP contribution in [0.25, 0.3) is 0 Å². The summed E-state index contributed by atoms with van der Waals surface area (Å²) >= 11 is 1.06. The van der Waals surface area contributed by atoms with Crippen LogP contribution in [0.3, 0.4) is 0 Å². The van der Waals surface area contributed by atoms with Gasteiger partial charge < -0.3 is 10.1 Å². The number of alkyl halides is 3. The maximum Gasteiger partial charge on any atom is 0.417 e. The minimum atomic E-state index is -4.45. The van der Waals surface area contributed by atoms with Gasteiger partial charge in [0, 0.05) is 11.8 Å². The first-order valence-electron chi connectivity index (χ1n) is 7.55. The molecule has 5 nitrogen and oxygen atoms in total. The lowest BCUT2D eigenvalue weighted by atomic mass is 10.1. The first-order chi connectivity index (χ1) is 12.2. The Bertz CT molecular complexity index is 853. The summed E-state index contributed by atoms with van der Waals surface area (Å²) in [5, 5.41) is 2.36. The number of ketones is 1. The van der Waals surface area contributed by atoms with Crippen LogP contribution in [0.5, 0.6) is 5.75 Å². The lowest BCUT2D eigenvalue weighted by Gasteiger charge is -2.19. The Labute approximate surface area is 150 Å². The summed E-state index contributed by atoms with van der Waals surface area (Å²) < 4.78 is 42.9. The van der Waals surface area contributed by atoms with Gasteiger partial charge in [-0.15, -0.1) is 0 Å². The van der Waals surface area contributed by atoms with Gasteiger partial charge in [0.15, 0.2) is 12.4 Å². The molecule has 1 aliphatic rings. The number of anilines is 1. The number of Topliss-reactive ketones (excluding diaryl/α,β-unsaturated/α-hetero) is 1. The van der Waals surface area contributed by atoms with Crippen molar-refractivity contribution in [2.45, 2.75) is 23.4 Å².